The maximum Gasteiger partial charge on any atom is 0.266 e. The van der Waals surface area contributed by atoms with Gasteiger partial charge in [0, 0.05) is 5.56 Å². The number of rotatable bonds is 8. The lowest BCUT2D eigenvalue weighted by atomic mass is 10.1. The normalized spacial score (nSPS) is 11.7. The quantitative estimate of drug-likeness (QED) is 0.542. The Morgan fingerprint density at radius 2 is 1.89 bits per heavy atom. The zero-order valence-electron chi connectivity index (χ0n) is 15.4. The molecule has 0 aliphatic carbocycles. The minimum Gasteiger partial charge on any atom is -0.494 e. The lowest BCUT2D eigenvalue weighted by molar-refractivity contribution is 0.0945. The summed E-state index contributed by atoms with van der Waals surface area (Å²) in [7, 11) is -3.99. The van der Waals surface area contributed by atoms with Crippen molar-refractivity contribution in [3.05, 3.63) is 48.0 Å². The predicted octanol–water partition coefficient (Wildman–Crippen LogP) is 2.74. The Morgan fingerprint density at radius 3 is 2.61 bits per heavy atom. The predicted molar refractivity (Wildman–Crippen MR) is 107 cm³/mol. The van der Waals surface area contributed by atoms with Gasteiger partial charge in [-0.1, -0.05) is 19.9 Å². The molecule has 3 rings (SSSR count). The monoisotopic (exact) mass is 420 g/mol. The van der Waals surface area contributed by atoms with E-state index in [4.69, 9.17) is 4.74 Å². The molecule has 2 aromatic carbocycles. The number of nitrogens with zero attached hydrogens (tertiary/aromatic N) is 2. The SMILES string of the molecule is CC(C)CCOc1ccc(C(=O)NNS(=O)(=O)c2cccc3nsnc23)cc1. The summed E-state index contributed by atoms with van der Waals surface area (Å²) in [5.74, 6) is 0.616. The average Bonchev–Trinajstić information content (AvgIpc) is 3.15. The topological polar surface area (TPSA) is 110 Å². The molecule has 0 spiro atoms. The van der Waals surface area contributed by atoms with Crippen LogP contribution in [0.15, 0.2) is 47.4 Å². The Morgan fingerprint density at radius 1 is 1.14 bits per heavy atom. The van der Waals surface area contributed by atoms with Gasteiger partial charge in [-0.15, -0.1) is 4.83 Å². The molecule has 0 bridgehead atoms. The summed E-state index contributed by atoms with van der Waals surface area (Å²) in [6, 6.07) is 11.1. The van der Waals surface area contributed by atoms with Gasteiger partial charge in [-0.25, -0.2) is 8.42 Å². The highest BCUT2D eigenvalue weighted by Crippen LogP contribution is 2.20. The van der Waals surface area contributed by atoms with Gasteiger partial charge in [0.1, 0.15) is 21.7 Å². The minimum atomic E-state index is -3.99. The van der Waals surface area contributed by atoms with Crippen LogP contribution in [-0.2, 0) is 10.0 Å². The molecule has 8 nitrogen and oxygen atoms in total. The van der Waals surface area contributed by atoms with Crippen LogP contribution in [0.4, 0.5) is 0 Å². The number of carbonyl (C=O) groups excluding carboxylic acids is 1. The van der Waals surface area contributed by atoms with Crippen molar-refractivity contribution in [2.45, 2.75) is 25.2 Å². The van der Waals surface area contributed by atoms with Crippen LogP contribution in [0.3, 0.4) is 0 Å². The van der Waals surface area contributed by atoms with E-state index in [2.05, 4.69) is 32.9 Å². The van der Waals surface area contributed by atoms with Crippen LogP contribution >= 0.6 is 11.7 Å². The fourth-order valence-corrected chi connectivity index (χ4v) is 3.96. The molecular weight excluding hydrogens is 400 g/mol. The van der Waals surface area contributed by atoms with E-state index >= 15 is 0 Å². The Hall–Kier alpha value is -2.56. The molecule has 1 heterocycles. The second-order valence-electron chi connectivity index (χ2n) is 6.50. The van der Waals surface area contributed by atoms with Crippen molar-refractivity contribution in [1.29, 1.82) is 0 Å². The van der Waals surface area contributed by atoms with Crippen molar-refractivity contribution < 1.29 is 17.9 Å². The van der Waals surface area contributed by atoms with Gasteiger partial charge >= 0.3 is 0 Å². The van der Waals surface area contributed by atoms with Crippen LogP contribution in [0.25, 0.3) is 11.0 Å². The number of aromatic nitrogens is 2. The van der Waals surface area contributed by atoms with Crippen molar-refractivity contribution in [1.82, 2.24) is 19.0 Å². The summed E-state index contributed by atoms with van der Waals surface area (Å²) in [6.07, 6.45) is 0.936. The Kier molecular flexibility index (Phi) is 6.22. The van der Waals surface area contributed by atoms with Crippen molar-refractivity contribution in [2.24, 2.45) is 5.92 Å². The second kappa shape index (κ2) is 8.63. The van der Waals surface area contributed by atoms with Crippen LogP contribution in [0, 0.1) is 5.92 Å². The summed E-state index contributed by atoms with van der Waals surface area (Å²) in [5, 5.41) is 0. The molecule has 0 saturated carbocycles. The van der Waals surface area contributed by atoms with E-state index in [1.165, 1.54) is 6.07 Å². The number of sulfonamides is 1. The highest BCUT2D eigenvalue weighted by atomic mass is 32.2. The number of amides is 1. The number of carbonyl (C=O) groups is 1. The van der Waals surface area contributed by atoms with Gasteiger partial charge in [-0.05, 0) is 48.7 Å². The minimum absolute atomic E-state index is 0.0482. The van der Waals surface area contributed by atoms with E-state index < -0.39 is 15.9 Å². The number of benzene rings is 2. The van der Waals surface area contributed by atoms with Gasteiger partial charge in [-0.2, -0.15) is 8.75 Å². The third kappa shape index (κ3) is 4.83. The molecule has 3 aromatic rings. The van der Waals surface area contributed by atoms with Crippen LogP contribution in [0.2, 0.25) is 0 Å². The number of hydrogen-bond donors (Lipinski definition) is 2. The molecule has 1 amide bonds. The van der Waals surface area contributed by atoms with E-state index in [1.807, 2.05) is 0 Å². The van der Waals surface area contributed by atoms with Gasteiger partial charge < -0.3 is 4.74 Å². The highest BCUT2D eigenvalue weighted by molar-refractivity contribution is 7.89. The lowest BCUT2D eigenvalue weighted by Crippen LogP contribution is -2.41. The van der Waals surface area contributed by atoms with E-state index in [0.717, 1.165) is 18.1 Å². The first-order valence-electron chi connectivity index (χ1n) is 8.63. The van der Waals surface area contributed by atoms with Crippen LogP contribution in [-0.4, -0.2) is 29.7 Å². The molecule has 28 heavy (non-hydrogen) atoms. The standard InChI is InChI=1S/C18H20N4O4S2/c1-12(2)10-11-26-14-8-6-13(7-9-14)18(23)19-22-28(24,25)16-5-3-4-15-17(16)21-27-20-15/h3-9,12,22H,10-11H2,1-2H3,(H,19,23). The fourth-order valence-electron chi connectivity index (χ4n) is 2.35. The van der Waals surface area contributed by atoms with Crippen LogP contribution in [0.1, 0.15) is 30.6 Å². The van der Waals surface area contributed by atoms with Crippen molar-refractivity contribution >= 4 is 38.7 Å². The first-order valence-corrected chi connectivity index (χ1v) is 10.8. The molecular formula is C18H20N4O4S2. The first kappa shape index (κ1) is 20.2. The van der Waals surface area contributed by atoms with Crippen molar-refractivity contribution in [3.63, 3.8) is 0 Å². The maximum absolute atomic E-state index is 12.5. The average molecular weight is 421 g/mol. The Balaban J connectivity index is 1.62. The number of hydrogen-bond acceptors (Lipinski definition) is 7. The van der Waals surface area contributed by atoms with E-state index in [0.29, 0.717) is 29.4 Å². The van der Waals surface area contributed by atoms with E-state index in [9.17, 15) is 13.2 Å². The van der Waals surface area contributed by atoms with Gasteiger partial charge in [0.05, 0.1) is 18.3 Å². The zero-order valence-corrected chi connectivity index (χ0v) is 17.0. The molecule has 0 atom stereocenters. The number of hydrazine groups is 1. The van der Waals surface area contributed by atoms with Gasteiger partial charge in [0.25, 0.3) is 15.9 Å². The molecule has 10 heteroatoms. The van der Waals surface area contributed by atoms with E-state index in [-0.39, 0.29) is 10.4 Å². The molecule has 1 aromatic heterocycles. The summed E-state index contributed by atoms with van der Waals surface area (Å²) < 4.78 is 38.6. The highest BCUT2D eigenvalue weighted by Gasteiger charge is 2.20. The Bertz CT molecular complexity index is 1060. The van der Waals surface area contributed by atoms with Crippen molar-refractivity contribution in [3.8, 4) is 5.75 Å². The molecule has 0 radical (unpaired) electrons. The summed E-state index contributed by atoms with van der Waals surface area (Å²) >= 11 is 0.921. The van der Waals surface area contributed by atoms with Crippen LogP contribution in [0.5, 0.6) is 5.75 Å². The summed E-state index contributed by atoms with van der Waals surface area (Å²) in [6.45, 7) is 4.83. The van der Waals surface area contributed by atoms with Gasteiger partial charge in [0.2, 0.25) is 0 Å². The third-order valence-electron chi connectivity index (χ3n) is 3.92. The van der Waals surface area contributed by atoms with Gasteiger partial charge in [0.15, 0.2) is 0 Å². The molecule has 0 aliphatic rings. The fraction of sp³-hybridized carbons (Fsp3) is 0.278. The number of fused-ring (bicyclic) bond motifs is 1. The summed E-state index contributed by atoms with van der Waals surface area (Å²) in [4.78, 5) is 14.3. The molecule has 0 unspecified atom stereocenters. The smallest absolute Gasteiger partial charge is 0.266 e. The molecule has 2 N–H and O–H groups in total. The Labute approximate surface area is 167 Å². The third-order valence-corrected chi connectivity index (χ3v) is 5.74. The largest absolute Gasteiger partial charge is 0.494 e. The van der Waals surface area contributed by atoms with Crippen molar-refractivity contribution in [2.75, 3.05) is 6.61 Å². The molecule has 0 aliphatic heterocycles. The first-order chi connectivity index (χ1) is 13.4. The zero-order chi connectivity index (χ0) is 20.1. The molecule has 0 fully saturated rings. The molecule has 148 valence electrons. The lowest BCUT2D eigenvalue weighted by Gasteiger charge is -2.10. The number of ether oxygens (including phenoxy) is 1. The second-order valence-corrected chi connectivity index (χ2v) is 8.68. The molecule has 0 saturated heterocycles. The summed E-state index contributed by atoms with van der Waals surface area (Å²) in [5.41, 5.74) is 3.25. The van der Waals surface area contributed by atoms with E-state index in [1.54, 1.807) is 36.4 Å². The van der Waals surface area contributed by atoms with Gasteiger partial charge in [-0.3, -0.25) is 10.2 Å². The number of nitrogens with one attached hydrogen (secondary N) is 2. The van der Waals surface area contributed by atoms with Crippen LogP contribution < -0.4 is 15.0 Å². The maximum atomic E-state index is 12.5.